The molecule has 5 rings (SSSR count). The number of carbonyl (C=O) groups is 1. The molecule has 0 aliphatic carbocycles. The lowest BCUT2D eigenvalue weighted by Crippen LogP contribution is -2.38. The van der Waals surface area contributed by atoms with Gasteiger partial charge in [0, 0.05) is 67.7 Å². The average molecular weight is 447 g/mol. The summed E-state index contributed by atoms with van der Waals surface area (Å²) in [6.45, 7) is 2.53. The molecular formula is C24H25N5O4. The fourth-order valence-corrected chi connectivity index (χ4v) is 4.02. The van der Waals surface area contributed by atoms with Crippen molar-refractivity contribution in [2.45, 2.75) is 25.5 Å². The van der Waals surface area contributed by atoms with E-state index in [9.17, 15) is 4.79 Å². The maximum Gasteiger partial charge on any atom is 0.407 e. The number of nitrogens with zero attached hydrogens (tertiary/aromatic N) is 3. The van der Waals surface area contributed by atoms with E-state index in [-0.39, 0.29) is 12.2 Å². The molecule has 0 bridgehead atoms. The van der Waals surface area contributed by atoms with Crippen LogP contribution in [-0.4, -0.2) is 52.4 Å². The number of pyridine rings is 1. The van der Waals surface area contributed by atoms with Crippen LogP contribution < -0.4 is 10.1 Å². The van der Waals surface area contributed by atoms with Gasteiger partial charge in [-0.25, -0.2) is 9.78 Å². The fourth-order valence-electron chi connectivity index (χ4n) is 4.02. The van der Waals surface area contributed by atoms with Gasteiger partial charge in [0.15, 0.2) is 0 Å². The molecule has 0 spiro atoms. The van der Waals surface area contributed by atoms with Crippen LogP contribution in [0.5, 0.6) is 11.6 Å². The third kappa shape index (κ3) is 4.83. The number of aromatic nitrogens is 3. The fraction of sp³-hybridized carbons (Fsp3) is 0.292. The molecule has 1 saturated heterocycles. The lowest BCUT2D eigenvalue weighted by Gasteiger charge is -2.31. The first-order valence-corrected chi connectivity index (χ1v) is 10.9. The van der Waals surface area contributed by atoms with Crippen LogP contribution in [0.2, 0.25) is 0 Å². The topological polar surface area (TPSA) is 106 Å². The Kier molecular flexibility index (Phi) is 5.95. The van der Waals surface area contributed by atoms with Crippen molar-refractivity contribution in [3.63, 3.8) is 0 Å². The molecule has 4 aromatic rings. The summed E-state index contributed by atoms with van der Waals surface area (Å²) in [5, 5.41) is 10.4. The lowest BCUT2D eigenvalue weighted by atomic mass is 10.1. The summed E-state index contributed by atoms with van der Waals surface area (Å²) in [5.74, 6) is 1.17. The maximum atomic E-state index is 11.4. The van der Waals surface area contributed by atoms with E-state index in [0.29, 0.717) is 11.6 Å². The molecule has 1 amide bonds. The third-order valence-electron chi connectivity index (χ3n) is 5.80. The van der Waals surface area contributed by atoms with E-state index in [2.05, 4.69) is 25.4 Å². The van der Waals surface area contributed by atoms with Crippen LogP contribution in [0.3, 0.4) is 0 Å². The van der Waals surface area contributed by atoms with E-state index < -0.39 is 0 Å². The molecule has 9 heteroatoms. The Balaban J connectivity index is 1.21. The number of fused-ring (bicyclic) bond motifs is 1. The third-order valence-corrected chi connectivity index (χ3v) is 5.80. The summed E-state index contributed by atoms with van der Waals surface area (Å²) in [6, 6.07) is 11.5. The van der Waals surface area contributed by atoms with Crippen LogP contribution in [0.25, 0.3) is 22.2 Å². The number of alkyl carbamates (subject to hydrolysis) is 1. The van der Waals surface area contributed by atoms with Crippen molar-refractivity contribution in [3.8, 4) is 22.9 Å². The number of amides is 1. The van der Waals surface area contributed by atoms with Crippen molar-refractivity contribution in [2.75, 3.05) is 20.1 Å². The maximum absolute atomic E-state index is 11.4. The van der Waals surface area contributed by atoms with Gasteiger partial charge in [-0.15, -0.1) is 0 Å². The summed E-state index contributed by atoms with van der Waals surface area (Å²) in [5.41, 5.74) is 3.75. The van der Waals surface area contributed by atoms with E-state index in [1.165, 1.54) is 0 Å². The van der Waals surface area contributed by atoms with Gasteiger partial charge in [-0.05, 0) is 37.1 Å². The molecule has 0 atom stereocenters. The normalized spacial score (nSPS) is 14.9. The minimum Gasteiger partial charge on any atom is -0.464 e. The zero-order chi connectivity index (χ0) is 22.6. The Hall–Kier alpha value is -3.85. The second-order valence-corrected chi connectivity index (χ2v) is 8.01. The summed E-state index contributed by atoms with van der Waals surface area (Å²) < 4.78 is 17.1. The van der Waals surface area contributed by atoms with Gasteiger partial charge < -0.3 is 19.2 Å². The highest BCUT2D eigenvalue weighted by atomic mass is 16.6. The number of likely N-dealkylation sites (tertiary alicyclic amines) is 1. The van der Waals surface area contributed by atoms with Crippen LogP contribution >= 0.6 is 0 Å². The molecule has 0 radical (unpaired) electrons. The van der Waals surface area contributed by atoms with Gasteiger partial charge in [0.1, 0.15) is 17.4 Å². The van der Waals surface area contributed by atoms with Gasteiger partial charge in [0.05, 0.1) is 12.0 Å². The van der Waals surface area contributed by atoms with Crippen LogP contribution in [0.4, 0.5) is 4.79 Å². The molecule has 2 N–H and O–H groups in total. The zero-order valence-electron chi connectivity index (χ0n) is 18.3. The number of hydrogen-bond donors (Lipinski definition) is 2. The summed E-state index contributed by atoms with van der Waals surface area (Å²) >= 11 is 0. The first-order chi connectivity index (χ1) is 16.2. The van der Waals surface area contributed by atoms with Crippen LogP contribution in [0.15, 0.2) is 59.5 Å². The molecule has 1 fully saturated rings. The molecule has 9 nitrogen and oxygen atoms in total. The monoisotopic (exact) mass is 447 g/mol. The van der Waals surface area contributed by atoms with Crippen molar-refractivity contribution in [1.29, 1.82) is 0 Å². The Morgan fingerprint density at radius 2 is 2.12 bits per heavy atom. The predicted octanol–water partition coefficient (Wildman–Crippen LogP) is 4.33. The Morgan fingerprint density at radius 3 is 2.85 bits per heavy atom. The Morgan fingerprint density at radius 1 is 1.24 bits per heavy atom. The van der Waals surface area contributed by atoms with Crippen LogP contribution in [-0.2, 0) is 11.3 Å². The molecule has 170 valence electrons. The molecule has 0 unspecified atom stereocenters. The molecule has 1 aromatic carbocycles. The second kappa shape index (κ2) is 9.33. The number of piperidine rings is 1. The largest absolute Gasteiger partial charge is 0.464 e. The predicted molar refractivity (Wildman–Crippen MR) is 122 cm³/mol. The van der Waals surface area contributed by atoms with Crippen LogP contribution in [0, 0.1) is 0 Å². The summed E-state index contributed by atoms with van der Waals surface area (Å²) in [4.78, 5) is 18.1. The molecule has 4 heterocycles. The molecule has 0 saturated carbocycles. The highest BCUT2D eigenvalue weighted by molar-refractivity contribution is 5.82. The smallest absolute Gasteiger partial charge is 0.407 e. The number of benzene rings is 1. The SMILES string of the molecule is CNC(=O)OC1CCN(Cc2coc3cc(Oc4ccc(-c5ccn[nH]5)cn4)ccc23)CC1. The van der Waals surface area contributed by atoms with Gasteiger partial charge in [0.25, 0.3) is 0 Å². The quantitative estimate of drug-likeness (QED) is 0.453. The summed E-state index contributed by atoms with van der Waals surface area (Å²) in [7, 11) is 1.58. The summed E-state index contributed by atoms with van der Waals surface area (Å²) in [6.07, 6.45) is 6.52. The number of ether oxygens (including phenoxy) is 2. The number of nitrogens with one attached hydrogen (secondary N) is 2. The van der Waals surface area contributed by atoms with E-state index in [0.717, 1.165) is 60.3 Å². The van der Waals surface area contributed by atoms with Crippen molar-refractivity contribution in [3.05, 3.63) is 60.6 Å². The molecule has 3 aromatic heterocycles. The number of furan rings is 1. The molecule has 1 aliphatic rings. The standard InChI is InChI=1S/C24H25N5O4/c1-25-24(30)33-18-7-10-29(11-8-18)14-17-15-31-22-12-19(3-4-20(17)22)32-23-5-2-16(13-26-23)21-6-9-27-28-21/h2-6,9,12-13,15,18H,7-8,10-11,14H2,1H3,(H,25,30)(H,27,28). The van der Waals surface area contributed by atoms with Crippen LogP contribution in [0.1, 0.15) is 18.4 Å². The minimum absolute atomic E-state index is 0.0239. The molecular weight excluding hydrogens is 422 g/mol. The first kappa shape index (κ1) is 21.0. The number of rotatable bonds is 6. The van der Waals surface area contributed by atoms with Crippen molar-refractivity contribution >= 4 is 17.1 Å². The number of H-pyrrole nitrogens is 1. The zero-order valence-corrected chi connectivity index (χ0v) is 18.3. The molecule has 1 aliphatic heterocycles. The van der Waals surface area contributed by atoms with Crippen molar-refractivity contribution < 1.29 is 18.7 Å². The van der Waals surface area contributed by atoms with E-state index in [1.54, 1.807) is 25.7 Å². The minimum atomic E-state index is -0.365. The van der Waals surface area contributed by atoms with Crippen molar-refractivity contribution in [1.82, 2.24) is 25.4 Å². The number of carbonyl (C=O) groups excluding carboxylic acids is 1. The highest BCUT2D eigenvalue weighted by Crippen LogP contribution is 2.30. The lowest BCUT2D eigenvalue weighted by molar-refractivity contribution is 0.0499. The number of hydrogen-bond acceptors (Lipinski definition) is 7. The van der Waals surface area contributed by atoms with E-state index in [4.69, 9.17) is 13.9 Å². The Labute approximate surface area is 190 Å². The highest BCUT2D eigenvalue weighted by Gasteiger charge is 2.23. The van der Waals surface area contributed by atoms with Gasteiger partial charge in [-0.3, -0.25) is 10.00 Å². The molecule has 33 heavy (non-hydrogen) atoms. The second-order valence-electron chi connectivity index (χ2n) is 8.01. The van der Waals surface area contributed by atoms with E-state index >= 15 is 0 Å². The number of aromatic amines is 1. The Bertz CT molecular complexity index is 1210. The van der Waals surface area contributed by atoms with Crippen molar-refractivity contribution in [2.24, 2.45) is 0 Å². The van der Waals surface area contributed by atoms with Gasteiger partial charge in [-0.1, -0.05) is 0 Å². The van der Waals surface area contributed by atoms with Gasteiger partial charge in [0.2, 0.25) is 5.88 Å². The van der Waals surface area contributed by atoms with Gasteiger partial charge >= 0.3 is 6.09 Å². The average Bonchev–Trinajstić information content (AvgIpc) is 3.51. The van der Waals surface area contributed by atoms with Gasteiger partial charge in [-0.2, -0.15) is 5.10 Å². The first-order valence-electron chi connectivity index (χ1n) is 10.9. The van der Waals surface area contributed by atoms with E-state index in [1.807, 2.05) is 36.4 Å².